The van der Waals surface area contributed by atoms with Gasteiger partial charge in [-0.05, 0) is 47.4 Å². The number of hydrogen-bond acceptors (Lipinski definition) is 7. The summed E-state index contributed by atoms with van der Waals surface area (Å²) in [5.41, 5.74) is 9.54. The molecule has 1 aromatic heterocycles. The Morgan fingerprint density at radius 1 is 1.03 bits per heavy atom. The quantitative estimate of drug-likeness (QED) is 0.174. The molecule has 0 aliphatic carbocycles. The topological polar surface area (TPSA) is 96.8 Å². The molecular formula is C30H43N5O3S. The van der Waals surface area contributed by atoms with Crippen LogP contribution in [0.5, 0.6) is 5.75 Å². The second-order valence-corrected chi connectivity index (χ2v) is 15.4. The smallest absolute Gasteiger partial charge is 0.186 e. The van der Waals surface area contributed by atoms with Gasteiger partial charge in [-0.15, -0.1) is 10.2 Å². The van der Waals surface area contributed by atoms with Crippen LogP contribution in [0.2, 0.25) is 0 Å². The van der Waals surface area contributed by atoms with E-state index in [4.69, 9.17) is 24.9 Å². The number of ether oxygens (including phenoxy) is 3. The summed E-state index contributed by atoms with van der Waals surface area (Å²) >= 11 is 0. The normalized spacial score (nSPS) is 13.7. The van der Waals surface area contributed by atoms with E-state index in [1.165, 1.54) is 0 Å². The van der Waals surface area contributed by atoms with Crippen molar-refractivity contribution in [1.29, 1.82) is 0 Å². The van der Waals surface area contributed by atoms with E-state index in [2.05, 4.69) is 43.5 Å². The van der Waals surface area contributed by atoms with Crippen molar-refractivity contribution in [2.45, 2.75) is 45.6 Å². The van der Waals surface area contributed by atoms with Gasteiger partial charge in [-0.1, -0.05) is 63.2 Å². The highest BCUT2D eigenvalue weighted by molar-refractivity contribution is 8.33. The molecule has 3 aromatic rings. The third-order valence-corrected chi connectivity index (χ3v) is 10.8. The first-order valence-corrected chi connectivity index (χ1v) is 15.6. The Hall–Kier alpha value is -3.30. The molecule has 0 fully saturated rings. The molecule has 9 heteroatoms. The van der Waals surface area contributed by atoms with Crippen LogP contribution in [0.3, 0.4) is 0 Å². The zero-order valence-corrected chi connectivity index (χ0v) is 25.1. The van der Waals surface area contributed by atoms with Crippen LogP contribution in [-0.4, -0.2) is 63.9 Å². The SMILES string of the molecule is COc1ccc(Cn2cnnc2C(=NCCOCS(C)(C)C(C)(C)C)/C(OCc2ccccc2)=C(/C)N)cc1. The summed E-state index contributed by atoms with van der Waals surface area (Å²) in [5, 5.41) is 8.62. The molecule has 212 valence electrons. The average molecular weight is 554 g/mol. The van der Waals surface area contributed by atoms with E-state index in [1.54, 1.807) is 13.4 Å². The van der Waals surface area contributed by atoms with Gasteiger partial charge in [0, 0.05) is 0 Å². The molecule has 0 aliphatic rings. The molecule has 0 aliphatic heterocycles. The fourth-order valence-electron chi connectivity index (χ4n) is 3.49. The first-order chi connectivity index (χ1) is 18.5. The van der Waals surface area contributed by atoms with Crippen LogP contribution in [0.25, 0.3) is 0 Å². The first kappa shape index (κ1) is 30.2. The number of hydrogen-bond donors (Lipinski definition) is 1. The van der Waals surface area contributed by atoms with Gasteiger partial charge in [0.25, 0.3) is 0 Å². The van der Waals surface area contributed by atoms with Gasteiger partial charge in [0.2, 0.25) is 0 Å². The molecular weight excluding hydrogens is 510 g/mol. The maximum Gasteiger partial charge on any atom is 0.186 e. The van der Waals surface area contributed by atoms with Crippen LogP contribution in [-0.2, 0) is 22.6 Å². The lowest BCUT2D eigenvalue weighted by atomic mass is 10.2. The minimum atomic E-state index is -0.917. The molecule has 0 saturated heterocycles. The lowest BCUT2D eigenvalue weighted by molar-refractivity contribution is 0.188. The van der Waals surface area contributed by atoms with E-state index in [0.29, 0.717) is 49.3 Å². The fraction of sp³-hybridized carbons (Fsp3) is 0.433. The second kappa shape index (κ2) is 13.7. The fourth-order valence-corrected chi connectivity index (χ4v) is 4.38. The third-order valence-electron chi connectivity index (χ3n) is 6.68. The molecule has 0 spiro atoms. The monoisotopic (exact) mass is 553 g/mol. The van der Waals surface area contributed by atoms with Crippen molar-refractivity contribution < 1.29 is 14.2 Å². The number of benzene rings is 2. The first-order valence-electron chi connectivity index (χ1n) is 13.0. The molecule has 39 heavy (non-hydrogen) atoms. The Morgan fingerprint density at radius 2 is 1.72 bits per heavy atom. The number of nitrogens with two attached hydrogens (primary N) is 1. The third kappa shape index (κ3) is 8.60. The Morgan fingerprint density at radius 3 is 2.33 bits per heavy atom. The van der Waals surface area contributed by atoms with Gasteiger partial charge >= 0.3 is 0 Å². The number of aliphatic imine (C=N–C) groups is 1. The number of aromatic nitrogens is 3. The highest BCUT2D eigenvalue weighted by Gasteiger charge is 2.28. The molecule has 2 N–H and O–H groups in total. The molecule has 1 heterocycles. The van der Waals surface area contributed by atoms with Crippen LogP contribution in [0, 0.1) is 0 Å². The number of allylic oxidation sites excluding steroid dienone is 2. The van der Waals surface area contributed by atoms with Gasteiger partial charge in [0.1, 0.15) is 24.4 Å². The minimum Gasteiger partial charge on any atom is -0.497 e. The number of rotatable bonds is 13. The Balaban J connectivity index is 1.86. The average Bonchev–Trinajstić information content (AvgIpc) is 3.35. The molecule has 8 nitrogen and oxygen atoms in total. The number of nitrogens with zero attached hydrogens (tertiary/aromatic N) is 4. The van der Waals surface area contributed by atoms with Crippen molar-refractivity contribution in [2.75, 3.05) is 38.7 Å². The van der Waals surface area contributed by atoms with Gasteiger partial charge in [0.05, 0.1) is 38.4 Å². The van der Waals surface area contributed by atoms with Crippen molar-refractivity contribution in [1.82, 2.24) is 14.8 Å². The van der Waals surface area contributed by atoms with Crippen molar-refractivity contribution in [3.05, 3.63) is 89.3 Å². The summed E-state index contributed by atoms with van der Waals surface area (Å²) in [7, 11) is 0.739. The van der Waals surface area contributed by atoms with Crippen LogP contribution < -0.4 is 10.5 Å². The number of methoxy groups -OCH3 is 1. The van der Waals surface area contributed by atoms with Crippen molar-refractivity contribution >= 4 is 15.7 Å². The molecule has 0 radical (unpaired) electrons. The highest BCUT2D eigenvalue weighted by Crippen LogP contribution is 2.52. The maximum absolute atomic E-state index is 6.35. The zero-order chi connectivity index (χ0) is 28.5. The Bertz CT molecular complexity index is 1240. The zero-order valence-electron chi connectivity index (χ0n) is 24.3. The molecule has 0 amide bonds. The van der Waals surface area contributed by atoms with E-state index in [-0.39, 0.29) is 4.75 Å². The standard InChI is InChI=1S/C30H43N5O3S/c1-23(31)28(38-20-25-11-9-8-10-12-25)27(32-17-18-37-22-39(6,7)30(2,3)4)29-34-33-21-35(29)19-24-13-15-26(36-5)16-14-24/h8-16,21H,17-20,22,31H2,1-7H3/b28-23+,32-27?. The molecule has 0 bridgehead atoms. The predicted molar refractivity (Wildman–Crippen MR) is 162 cm³/mol. The maximum atomic E-state index is 6.35. The summed E-state index contributed by atoms with van der Waals surface area (Å²) in [5.74, 6) is 2.60. The molecule has 0 atom stereocenters. The van der Waals surface area contributed by atoms with Crippen LogP contribution in [0.4, 0.5) is 0 Å². The van der Waals surface area contributed by atoms with E-state index in [9.17, 15) is 0 Å². The van der Waals surface area contributed by atoms with E-state index < -0.39 is 10.0 Å². The van der Waals surface area contributed by atoms with Crippen LogP contribution >= 0.6 is 10.0 Å². The lowest BCUT2D eigenvalue weighted by Gasteiger charge is -2.44. The summed E-state index contributed by atoms with van der Waals surface area (Å²) in [6.07, 6.45) is 6.31. The Labute approximate surface area is 234 Å². The van der Waals surface area contributed by atoms with Crippen LogP contribution in [0.15, 0.2) is 77.4 Å². The van der Waals surface area contributed by atoms with Gasteiger partial charge in [-0.3, -0.25) is 4.99 Å². The minimum absolute atomic E-state index is 0.206. The van der Waals surface area contributed by atoms with Gasteiger partial charge in [-0.2, -0.15) is 0 Å². The Kier molecular flexibility index (Phi) is 10.6. The van der Waals surface area contributed by atoms with Crippen molar-refractivity contribution in [3.8, 4) is 5.75 Å². The van der Waals surface area contributed by atoms with E-state index >= 15 is 0 Å². The summed E-state index contributed by atoms with van der Waals surface area (Å²) in [6.45, 7) is 10.4. The van der Waals surface area contributed by atoms with Gasteiger partial charge < -0.3 is 24.5 Å². The van der Waals surface area contributed by atoms with Gasteiger partial charge in [0.15, 0.2) is 11.6 Å². The largest absolute Gasteiger partial charge is 0.497 e. The molecule has 2 aromatic carbocycles. The van der Waals surface area contributed by atoms with Gasteiger partial charge in [-0.25, -0.2) is 10.0 Å². The van der Waals surface area contributed by atoms with E-state index in [0.717, 1.165) is 22.8 Å². The molecule has 3 rings (SSSR count). The molecule has 0 saturated carbocycles. The second-order valence-electron chi connectivity index (χ2n) is 10.8. The van der Waals surface area contributed by atoms with Crippen molar-refractivity contribution in [3.63, 3.8) is 0 Å². The summed E-state index contributed by atoms with van der Waals surface area (Å²) in [4.78, 5) is 4.91. The van der Waals surface area contributed by atoms with Crippen LogP contribution in [0.1, 0.15) is 44.6 Å². The lowest BCUT2D eigenvalue weighted by Crippen LogP contribution is -2.27. The predicted octanol–water partition coefficient (Wildman–Crippen LogP) is 5.37. The summed E-state index contributed by atoms with van der Waals surface area (Å²) in [6, 6.07) is 17.9. The highest BCUT2D eigenvalue weighted by atomic mass is 32.3. The van der Waals surface area contributed by atoms with Crippen molar-refractivity contribution in [2.24, 2.45) is 10.7 Å². The van der Waals surface area contributed by atoms with E-state index in [1.807, 2.05) is 66.1 Å². The molecule has 0 unspecified atom stereocenters. The summed E-state index contributed by atoms with van der Waals surface area (Å²) < 4.78 is 19.8.